The van der Waals surface area contributed by atoms with Gasteiger partial charge in [0.05, 0.1) is 34.9 Å². The van der Waals surface area contributed by atoms with Crippen molar-refractivity contribution in [3.05, 3.63) is 109 Å². The summed E-state index contributed by atoms with van der Waals surface area (Å²) in [6.45, 7) is 13.5. The number of hydrogen-bond acceptors (Lipinski definition) is 10. The second-order valence-electron chi connectivity index (χ2n) is 22.3. The Bertz CT molecular complexity index is 2980. The highest BCUT2D eigenvalue weighted by Crippen LogP contribution is 2.65. The molecular formula is C60H71N5O7. The Kier molecular flexibility index (Phi) is 13.1. The van der Waals surface area contributed by atoms with Gasteiger partial charge in [0.25, 0.3) is 5.56 Å². The first-order valence-corrected chi connectivity index (χ1v) is 27.2. The summed E-state index contributed by atoms with van der Waals surface area (Å²) in [5.41, 5.74) is 12.5. The van der Waals surface area contributed by atoms with Crippen LogP contribution >= 0.6 is 0 Å². The molecule has 4 aromatic rings. The third-order valence-electron chi connectivity index (χ3n) is 18.5. The number of ether oxygens (including phenoxy) is 2. The van der Waals surface area contributed by atoms with Crippen LogP contribution in [0.25, 0.3) is 22.3 Å². The number of cyclic esters (lactones) is 1. The number of ketones is 2. The van der Waals surface area contributed by atoms with Crippen LogP contribution in [0.4, 0.5) is 10.5 Å². The number of benzene rings is 2. The number of rotatable bonds is 13. The first-order valence-electron chi connectivity index (χ1n) is 27.2. The summed E-state index contributed by atoms with van der Waals surface area (Å²) in [5, 5.41) is 0.909. The van der Waals surface area contributed by atoms with Gasteiger partial charge in [0.1, 0.15) is 18.1 Å². The van der Waals surface area contributed by atoms with Gasteiger partial charge in [0, 0.05) is 74.7 Å². The van der Waals surface area contributed by atoms with Crippen LogP contribution in [0.15, 0.2) is 76.1 Å². The van der Waals surface area contributed by atoms with Crippen molar-refractivity contribution in [3.63, 3.8) is 0 Å². The number of pyridine rings is 2. The standard InChI is InChI=1S/C60H71N5O7/c1-6-42-47-31-41(18-23-53(47)61-56-49(42)34-65-54(56)32-46-43(7-2)58(69)71-35-50(46)57(65)68)72-59(70)64-28-26-63(27-29-64)25-11-9-8-10-24-62(5)39-15-12-37(13-16-39)48-33-60(4)51(36(3)66)21-22-52(60)45-19-14-38-30-40(67)17-20-44(38)55(45)48/h12-13,15-16,18,23,30-32,43,45,48,51-52H,6-11,14,17,19-22,24-29,33-35H2,1-5H3/t43-,45+,48-,51-,52?,60-/m1/s1. The van der Waals surface area contributed by atoms with Gasteiger partial charge in [-0.15, -0.1) is 0 Å². The van der Waals surface area contributed by atoms with Crippen molar-refractivity contribution < 1.29 is 28.7 Å². The Morgan fingerprint density at radius 1 is 0.903 bits per heavy atom. The summed E-state index contributed by atoms with van der Waals surface area (Å²) in [6.07, 6.45) is 14.2. The molecule has 0 N–H and O–H groups in total. The minimum atomic E-state index is -0.458. The zero-order valence-corrected chi connectivity index (χ0v) is 43.0. The Balaban J connectivity index is 0.649. The molecule has 2 saturated carbocycles. The molecule has 5 heterocycles. The van der Waals surface area contributed by atoms with Crippen LogP contribution < -0.4 is 15.2 Å². The molecular weight excluding hydrogens is 903 g/mol. The van der Waals surface area contributed by atoms with E-state index in [0.717, 1.165) is 117 Å². The topological polar surface area (TPSA) is 131 Å². The Hall–Kier alpha value is -5.88. The maximum atomic E-state index is 13.7. The van der Waals surface area contributed by atoms with Gasteiger partial charge in [-0.3, -0.25) is 24.1 Å². The fourth-order valence-electron chi connectivity index (χ4n) is 14.7. The summed E-state index contributed by atoms with van der Waals surface area (Å²) in [4.78, 5) is 77.0. The minimum absolute atomic E-state index is 0.00271. The molecule has 6 atom stereocenters. The van der Waals surface area contributed by atoms with Crippen LogP contribution in [-0.4, -0.2) is 89.3 Å². The molecule has 72 heavy (non-hydrogen) atoms. The van der Waals surface area contributed by atoms with E-state index in [0.29, 0.717) is 67.8 Å². The summed E-state index contributed by atoms with van der Waals surface area (Å²) >= 11 is 0. The summed E-state index contributed by atoms with van der Waals surface area (Å²) in [6, 6.07) is 16.9. The van der Waals surface area contributed by atoms with Crippen LogP contribution in [0.1, 0.15) is 144 Å². The van der Waals surface area contributed by atoms with Crippen LogP contribution in [0.2, 0.25) is 0 Å². The molecule has 7 aliphatic rings. The highest BCUT2D eigenvalue weighted by atomic mass is 16.6. The number of carbonyl (C=O) groups is 4. The Morgan fingerprint density at radius 2 is 1.69 bits per heavy atom. The van der Waals surface area contributed by atoms with E-state index in [-0.39, 0.29) is 47.3 Å². The van der Waals surface area contributed by atoms with Crippen molar-refractivity contribution in [1.29, 1.82) is 0 Å². The van der Waals surface area contributed by atoms with E-state index in [1.165, 1.54) is 35.2 Å². The second kappa shape index (κ2) is 19.5. The van der Waals surface area contributed by atoms with Crippen LogP contribution in [0.3, 0.4) is 0 Å². The van der Waals surface area contributed by atoms with E-state index in [9.17, 15) is 24.0 Å². The summed E-state index contributed by atoms with van der Waals surface area (Å²) < 4.78 is 13.1. The molecule has 3 fully saturated rings. The molecule has 4 aliphatic carbocycles. The lowest BCUT2D eigenvalue weighted by molar-refractivity contribution is -0.148. The number of aryl methyl sites for hydroxylation is 1. The van der Waals surface area contributed by atoms with Crippen molar-refractivity contribution in [2.75, 3.05) is 51.2 Å². The molecule has 0 spiro atoms. The zero-order chi connectivity index (χ0) is 50.0. The van der Waals surface area contributed by atoms with E-state index in [1.807, 2.05) is 38.1 Å². The number of unbranched alkanes of at least 4 members (excludes halogenated alkanes) is 3. The van der Waals surface area contributed by atoms with E-state index in [2.05, 4.69) is 55.0 Å². The van der Waals surface area contributed by atoms with Gasteiger partial charge >= 0.3 is 12.1 Å². The van der Waals surface area contributed by atoms with Gasteiger partial charge in [-0.2, -0.15) is 0 Å². The van der Waals surface area contributed by atoms with Crippen molar-refractivity contribution in [2.45, 2.75) is 136 Å². The number of piperazine rings is 1. The SMILES string of the molecule is CCc1c2c(nc3ccc(OC(=O)N4CCN(CCCCCCN(C)c5ccc([C@H]6C[C@@]7(C)C(CC[C@@H]7C(C)=O)[C@@H]7CCC8=CC(=O)CCC8=C76)cc5)CC4)cc13)-c1cc3c(c(=O)n1C2)COC(=O)[C@@H]3CC. The largest absolute Gasteiger partial charge is 0.460 e. The van der Waals surface area contributed by atoms with Crippen molar-refractivity contribution in [3.8, 4) is 17.1 Å². The lowest BCUT2D eigenvalue weighted by atomic mass is 9.51. The van der Waals surface area contributed by atoms with Gasteiger partial charge in [-0.1, -0.05) is 51.3 Å². The summed E-state index contributed by atoms with van der Waals surface area (Å²) in [7, 11) is 2.20. The monoisotopic (exact) mass is 974 g/mol. The quantitative estimate of drug-likeness (QED) is 0.0830. The molecule has 378 valence electrons. The number of carbonyl (C=O) groups excluding carboxylic acids is 4. The van der Waals surface area contributed by atoms with E-state index in [1.54, 1.807) is 21.1 Å². The predicted octanol–water partition coefficient (Wildman–Crippen LogP) is 10.5. The van der Waals surface area contributed by atoms with Crippen LogP contribution in [0, 0.1) is 23.2 Å². The molecule has 11 rings (SSSR count). The molecule has 1 unspecified atom stereocenters. The highest BCUT2D eigenvalue weighted by molar-refractivity contribution is 5.93. The molecule has 1 saturated heterocycles. The van der Waals surface area contributed by atoms with Gasteiger partial charge in [0.15, 0.2) is 5.78 Å². The third-order valence-corrected chi connectivity index (χ3v) is 18.5. The van der Waals surface area contributed by atoms with Gasteiger partial charge in [0.2, 0.25) is 0 Å². The fourth-order valence-corrected chi connectivity index (χ4v) is 14.7. The first-order chi connectivity index (χ1) is 34.8. The molecule has 0 radical (unpaired) electrons. The number of fused-ring (bicyclic) bond motifs is 9. The van der Waals surface area contributed by atoms with Crippen molar-refractivity contribution in [1.82, 2.24) is 19.4 Å². The number of amides is 1. The second-order valence-corrected chi connectivity index (χ2v) is 22.3. The van der Waals surface area contributed by atoms with E-state index >= 15 is 0 Å². The van der Waals surface area contributed by atoms with Crippen molar-refractivity contribution in [2.24, 2.45) is 23.2 Å². The lowest BCUT2D eigenvalue weighted by Crippen LogP contribution is -2.49. The van der Waals surface area contributed by atoms with Gasteiger partial charge < -0.3 is 23.8 Å². The maximum Gasteiger partial charge on any atom is 0.415 e. The molecule has 0 bridgehead atoms. The predicted molar refractivity (Wildman–Crippen MR) is 279 cm³/mol. The smallest absolute Gasteiger partial charge is 0.415 e. The number of anilines is 1. The molecule has 2 aromatic heterocycles. The van der Waals surface area contributed by atoms with Crippen LogP contribution in [-0.2, 0) is 38.7 Å². The van der Waals surface area contributed by atoms with Crippen LogP contribution in [0.5, 0.6) is 5.75 Å². The first kappa shape index (κ1) is 48.4. The number of hydrogen-bond donors (Lipinski definition) is 0. The Labute approximate surface area is 423 Å². The Morgan fingerprint density at radius 3 is 2.46 bits per heavy atom. The lowest BCUT2D eigenvalue weighted by Gasteiger charge is -2.52. The number of nitrogens with zero attached hydrogens (tertiary/aromatic N) is 5. The normalized spacial score (nSPS) is 25.5. The number of Topliss-reactive ketones (excluding diaryl/α,β-unsaturated/α-hetero) is 1. The number of esters is 1. The maximum absolute atomic E-state index is 13.7. The van der Waals surface area contributed by atoms with E-state index < -0.39 is 5.92 Å². The van der Waals surface area contributed by atoms with Gasteiger partial charge in [-0.25, -0.2) is 9.78 Å². The molecule has 12 heteroatoms. The highest BCUT2D eigenvalue weighted by Gasteiger charge is 2.57. The average molecular weight is 974 g/mol. The van der Waals surface area contributed by atoms with E-state index in [4.69, 9.17) is 14.5 Å². The molecule has 2 aromatic carbocycles. The average Bonchev–Trinajstić information content (AvgIpc) is 3.94. The molecule has 12 nitrogen and oxygen atoms in total. The number of allylic oxidation sites excluding steroid dienone is 4. The van der Waals surface area contributed by atoms with Gasteiger partial charge in [-0.05, 0) is 165 Å². The third kappa shape index (κ3) is 8.52. The molecule has 1 amide bonds. The number of aromatic nitrogens is 2. The fraction of sp³-hybridized carbons (Fsp3) is 0.533. The van der Waals surface area contributed by atoms with Crippen molar-refractivity contribution >= 4 is 40.2 Å². The molecule has 3 aliphatic heterocycles. The summed E-state index contributed by atoms with van der Waals surface area (Å²) in [5.74, 6) is 1.83. The minimum Gasteiger partial charge on any atom is -0.460 e. The zero-order valence-electron chi connectivity index (χ0n) is 43.0.